The molecule has 0 bridgehead atoms. The first-order valence-corrected chi connectivity index (χ1v) is 12.7. The van der Waals surface area contributed by atoms with E-state index in [4.69, 9.17) is 4.74 Å². The van der Waals surface area contributed by atoms with Gasteiger partial charge in [-0.1, -0.05) is 49.4 Å². The van der Waals surface area contributed by atoms with Gasteiger partial charge in [-0.2, -0.15) is 0 Å². The Bertz CT molecular complexity index is 1320. The Kier molecular flexibility index (Phi) is 7.32. The first-order valence-electron chi connectivity index (χ1n) is 12.7. The Hall–Kier alpha value is -3.97. The molecule has 1 saturated heterocycles. The topological polar surface area (TPSA) is 61.9 Å². The fourth-order valence-electron chi connectivity index (χ4n) is 4.95. The van der Waals surface area contributed by atoms with Crippen LogP contribution in [0.15, 0.2) is 78.6 Å². The molecule has 2 heterocycles. The number of ether oxygens (including phenoxy) is 1. The predicted molar refractivity (Wildman–Crippen MR) is 142 cm³/mol. The highest BCUT2D eigenvalue weighted by Crippen LogP contribution is 2.36. The molecule has 0 aromatic heterocycles. The van der Waals surface area contributed by atoms with Crippen LogP contribution in [0, 0.1) is 5.82 Å². The zero-order chi connectivity index (χ0) is 25.8. The number of carbonyl (C=O) groups is 2. The molecule has 2 aliphatic rings. The Balaban J connectivity index is 1.32. The number of carbonyl (C=O) groups excluding carboxylic acids is 2. The molecule has 7 heteroatoms. The lowest BCUT2D eigenvalue weighted by molar-refractivity contribution is -0.117. The van der Waals surface area contributed by atoms with E-state index >= 15 is 0 Å². The number of para-hydroxylation sites is 2. The van der Waals surface area contributed by atoms with E-state index < -0.39 is 0 Å². The van der Waals surface area contributed by atoms with E-state index in [1.54, 1.807) is 60.7 Å². The van der Waals surface area contributed by atoms with Crippen LogP contribution in [0.3, 0.4) is 0 Å². The molecule has 3 aromatic carbocycles. The van der Waals surface area contributed by atoms with Crippen LogP contribution < -0.4 is 15.0 Å². The number of likely N-dealkylation sites (N-methyl/N-ethyl adjacent to an activating group) is 1. The molecule has 1 atom stereocenters. The molecule has 2 aliphatic heterocycles. The Morgan fingerprint density at radius 1 is 1.08 bits per heavy atom. The van der Waals surface area contributed by atoms with E-state index in [1.165, 1.54) is 17.4 Å². The monoisotopic (exact) mass is 499 g/mol. The first kappa shape index (κ1) is 24.7. The fourth-order valence-corrected chi connectivity index (χ4v) is 4.95. The van der Waals surface area contributed by atoms with Crippen molar-refractivity contribution in [2.24, 2.45) is 0 Å². The Morgan fingerprint density at radius 2 is 1.84 bits per heavy atom. The number of likely N-dealkylation sites (tertiary alicyclic amines) is 1. The summed E-state index contributed by atoms with van der Waals surface area (Å²) in [6, 6.07) is 21.1. The summed E-state index contributed by atoms with van der Waals surface area (Å²) < 4.78 is 20.3. The molecule has 3 aromatic rings. The average molecular weight is 500 g/mol. The number of anilines is 1. The largest absolute Gasteiger partial charge is 0.449 e. The van der Waals surface area contributed by atoms with Crippen molar-refractivity contribution in [3.05, 3.63) is 101 Å². The number of halogens is 1. The minimum atomic E-state index is -0.367. The highest BCUT2D eigenvalue weighted by molar-refractivity contribution is 6.09. The summed E-state index contributed by atoms with van der Waals surface area (Å²) in [6.45, 7) is 4.94. The maximum absolute atomic E-state index is 14.4. The molecule has 0 aliphatic carbocycles. The lowest BCUT2D eigenvalue weighted by atomic mass is 10.1. The zero-order valence-electron chi connectivity index (χ0n) is 20.8. The van der Waals surface area contributed by atoms with Crippen molar-refractivity contribution in [1.82, 2.24) is 10.2 Å². The molecule has 1 fully saturated rings. The van der Waals surface area contributed by atoms with E-state index in [2.05, 4.69) is 17.1 Å². The Morgan fingerprint density at radius 3 is 2.62 bits per heavy atom. The third-order valence-corrected chi connectivity index (χ3v) is 6.99. The van der Waals surface area contributed by atoms with Gasteiger partial charge in [-0.15, -0.1) is 0 Å². The van der Waals surface area contributed by atoms with Crippen LogP contribution in [0.1, 0.15) is 41.3 Å². The number of rotatable bonds is 7. The Labute approximate surface area is 216 Å². The molecule has 6 nitrogen and oxygen atoms in total. The van der Waals surface area contributed by atoms with Gasteiger partial charge in [0.1, 0.15) is 5.82 Å². The van der Waals surface area contributed by atoms with Crippen molar-refractivity contribution in [2.45, 2.75) is 32.4 Å². The van der Waals surface area contributed by atoms with E-state index in [0.717, 1.165) is 25.1 Å². The van der Waals surface area contributed by atoms with Crippen molar-refractivity contribution in [3.8, 4) is 5.75 Å². The third kappa shape index (κ3) is 5.42. The number of hydrogen-bond donors (Lipinski definition) is 1. The minimum Gasteiger partial charge on any atom is -0.449 e. The van der Waals surface area contributed by atoms with Crippen LogP contribution in [0.25, 0.3) is 6.08 Å². The van der Waals surface area contributed by atoms with Gasteiger partial charge in [0.2, 0.25) is 0 Å². The molecule has 1 unspecified atom stereocenters. The van der Waals surface area contributed by atoms with Crippen molar-refractivity contribution >= 4 is 23.6 Å². The van der Waals surface area contributed by atoms with E-state index in [1.807, 2.05) is 12.1 Å². The van der Waals surface area contributed by atoms with Gasteiger partial charge in [-0.05, 0) is 67.9 Å². The van der Waals surface area contributed by atoms with Gasteiger partial charge in [0.25, 0.3) is 11.8 Å². The predicted octanol–water partition coefficient (Wildman–Crippen LogP) is 5.01. The van der Waals surface area contributed by atoms with Gasteiger partial charge in [-0.3, -0.25) is 19.4 Å². The first-order chi connectivity index (χ1) is 18.0. The number of amides is 2. The van der Waals surface area contributed by atoms with Gasteiger partial charge in [0, 0.05) is 23.7 Å². The number of nitrogens with zero attached hydrogens (tertiary/aromatic N) is 2. The number of benzene rings is 3. The maximum atomic E-state index is 14.4. The highest BCUT2D eigenvalue weighted by atomic mass is 19.1. The zero-order valence-corrected chi connectivity index (χ0v) is 20.8. The van der Waals surface area contributed by atoms with Crippen molar-refractivity contribution in [2.75, 3.05) is 24.5 Å². The molecule has 2 amide bonds. The van der Waals surface area contributed by atoms with Gasteiger partial charge in [-0.25, -0.2) is 4.39 Å². The average Bonchev–Trinajstić information content (AvgIpc) is 3.39. The van der Waals surface area contributed by atoms with E-state index in [9.17, 15) is 14.0 Å². The normalized spacial score (nSPS) is 18.5. The highest BCUT2D eigenvalue weighted by Gasteiger charge is 2.31. The number of nitrogens with one attached hydrogen (secondary N) is 1. The molecule has 0 radical (unpaired) electrons. The quantitative estimate of drug-likeness (QED) is 0.465. The van der Waals surface area contributed by atoms with Crippen molar-refractivity contribution in [3.63, 3.8) is 0 Å². The molecule has 0 spiro atoms. The van der Waals surface area contributed by atoms with Gasteiger partial charge in [0.05, 0.1) is 12.2 Å². The molecular weight excluding hydrogens is 469 g/mol. The smallest absolute Gasteiger partial charge is 0.294 e. The van der Waals surface area contributed by atoms with E-state index in [0.29, 0.717) is 35.2 Å². The SMILES string of the molecule is CCN1CCCC1CNC(=O)c1ccc(C=C2Oc3ccccc3N(Cc3ccccc3F)C2=O)cc1. The second-order valence-corrected chi connectivity index (χ2v) is 9.32. The lowest BCUT2D eigenvalue weighted by Gasteiger charge is -2.30. The number of fused-ring (bicyclic) bond motifs is 1. The fraction of sp³-hybridized carbons (Fsp3) is 0.267. The third-order valence-electron chi connectivity index (χ3n) is 6.99. The summed E-state index contributed by atoms with van der Waals surface area (Å²) in [7, 11) is 0. The summed E-state index contributed by atoms with van der Waals surface area (Å²) in [4.78, 5) is 30.0. The molecule has 37 heavy (non-hydrogen) atoms. The van der Waals surface area contributed by atoms with E-state index in [-0.39, 0.29) is 29.9 Å². The molecule has 0 saturated carbocycles. The van der Waals surface area contributed by atoms with Gasteiger partial charge in [0.15, 0.2) is 11.5 Å². The van der Waals surface area contributed by atoms with Crippen LogP contribution >= 0.6 is 0 Å². The minimum absolute atomic E-state index is 0.0821. The summed E-state index contributed by atoms with van der Waals surface area (Å²) in [5, 5.41) is 3.05. The molecule has 1 N–H and O–H groups in total. The molecular formula is C30H30FN3O3. The second-order valence-electron chi connectivity index (χ2n) is 9.32. The van der Waals surface area contributed by atoms with Crippen LogP contribution in [-0.4, -0.2) is 42.4 Å². The van der Waals surface area contributed by atoms with Crippen molar-refractivity contribution < 1.29 is 18.7 Å². The molecule has 5 rings (SSSR count). The molecule has 190 valence electrons. The second kappa shape index (κ2) is 11.0. The van der Waals surface area contributed by atoms with Gasteiger partial charge < -0.3 is 10.1 Å². The summed E-state index contributed by atoms with van der Waals surface area (Å²) in [5.41, 5.74) is 2.29. The van der Waals surface area contributed by atoms with Crippen LogP contribution in [0.4, 0.5) is 10.1 Å². The summed E-state index contributed by atoms with van der Waals surface area (Å²) >= 11 is 0. The van der Waals surface area contributed by atoms with Crippen LogP contribution in [-0.2, 0) is 11.3 Å². The summed E-state index contributed by atoms with van der Waals surface area (Å²) in [6.07, 6.45) is 3.92. The summed E-state index contributed by atoms with van der Waals surface area (Å²) in [5.74, 6) is -0.186. The van der Waals surface area contributed by atoms with Crippen LogP contribution in [0.5, 0.6) is 5.75 Å². The lowest BCUT2D eigenvalue weighted by Crippen LogP contribution is -2.40. The standard InChI is InChI=1S/C30H30FN3O3/c1-2-33-17-7-9-24(33)19-32-29(35)22-15-13-21(14-16-22)18-28-30(36)34(20-23-8-3-4-10-25(23)31)26-11-5-6-12-27(26)37-28/h3-6,8,10-16,18,24H,2,7,9,17,19-20H2,1H3,(H,32,35). The van der Waals surface area contributed by atoms with Crippen molar-refractivity contribution in [1.29, 1.82) is 0 Å². The maximum Gasteiger partial charge on any atom is 0.294 e. The number of hydrogen-bond acceptors (Lipinski definition) is 4. The van der Waals surface area contributed by atoms with Crippen LogP contribution in [0.2, 0.25) is 0 Å². The van der Waals surface area contributed by atoms with Gasteiger partial charge >= 0.3 is 0 Å².